The van der Waals surface area contributed by atoms with Gasteiger partial charge in [-0.1, -0.05) is 11.8 Å². The lowest BCUT2D eigenvalue weighted by Gasteiger charge is -2.30. The second-order valence-electron chi connectivity index (χ2n) is 8.32. The van der Waals surface area contributed by atoms with Crippen LogP contribution >= 0.6 is 0 Å². The number of aryl methyl sites for hydroxylation is 1. The summed E-state index contributed by atoms with van der Waals surface area (Å²) in [5.41, 5.74) is 3.29. The van der Waals surface area contributed by atoms with E-state index in [0.717, 1.165) is 36.3 Å². The van der Waals surface area contributed by atoms with Crippen molar-refractivity contribution in [2.24, 2.45) is 5.92 Å². The third-order valence-corrected chi connectivity index (χ3v) is 5.56. The average molecular weight is 422 g/mol. The van der Waals surface area contributed by atoms with E-state index in [-0.39, 0.29) is 6.79 Å². The standard InChI is InChI=1S/C24H31N5O2/c1-4-30-16-31-22-14-19(10-9-18-7-8-18)11-12-21(22)23-17(2)25-24(28-27-23)26-20-6-5-13-29(3)15-20/h11-12,14,18,20H,4-8,13,15-16H2,1-3H3,(H,25,26,28)/t20-/m1/s1. The third-order valence-electron chi connectivity index (χ3n) is 5.56. The second kappa shape index (κ2) is 10.1. The van der Waals surface area contributed by atoms with Crippen LogP contribution in [0.1, 0.15) is 43.9 Å². The zero-order valence-electron chi connectivity index (χ0n) is 18.6. The summed E-state index contributed by atoms with van der Waals surface area (Å²) in [7, 11) is 2.14. The first-order valence-corrected chi connectivity index (χ1v) is 11.1. The van der Waals surface area contributed by atoms with E-state index in [1.54, 1.807) is 0 Å². The lowest BCUT2D eigenvalue weighted by atomic mass is 10.1. The molecule has 7 heteroatoms. The van der Waals surface area contributed by atoms with E-state index in [1.807, 2.05) is 32.0 Å². The first kappa shape index (κ1) is 21.5. The number of anilines is 1. The minimum absolute atomic E-state index is 0.178. The van der Waals surface area contributed by atoms with Crippen LogP contribution < -0.4 is 10.1 Å². The number of benzene rings is 1. The van der Waals surface area contributed by atoms with Crippen molar-refractivity contribution in [2.45, 2.75) is 45.6 Å². The summed E-state index contributed by atoms with van der Waals surface area (Å²) >= 11 is 0. The van der Waals surface area contributed by atoms with Crippen LogP contribution in [0.15, 0.2) is 18.2 Å². The van der Waals surface area contributed by atoms with Crippen LogP contribution in [0.3, 0.4) is 0 Å². The summed E-state index contributed by atoms with van der Waals surface area (Å²) in [6.07, 6.45) is 4.70. The topological polar surface area (TPSA) is 72.4 Å². The van der Waals surface area contributed by atoms with Gasteiger partial charge in [0.15, 0.2) is 6.79 Å². The van der Waals surface area contributed by atoms with Gasteiger partial charge in [-0.25, -0.2) is 4.98 Å². The van der Waals surface area contributed by atoms with Gasteiger partial charge in [-0.05, 0) is 71.3 Å². The highest BCUT2D eigenvalue weighted by molar-refractivity contribution is 5.70. The fourth-order valence-corrected chi connectivity index (χ4v) is 3.70. The van der Waals surface area contributed by atoms with E-state index in [4.69, 9.17) is 9.47 Å². The van der Waals surface area contributed by atoms with Gasteiger partial charge in [0, 0.05) is 36.2 Å². The number of ether oxygens (including phenoxy) is 2. The summed E-state index contributed by atoms with van der Waals surface area (Å²) in [5.74, 6) is 8.36. The van der Waals surface area contributed by atoms with Gasteiger partial charge in [0.05, 0.1) is 5.69 Å². The minimum atomic E-state index is 0.178. The maximum Gasteiger partial charge on any atom is 0.243 e. The number of nitrogens with zero attached hydrogens (tertiary/aromatic N) is 4. The molecule has 0 radical (unpaired) electrons. The highest BCUT2D eigenvalue weighted by Crippen LogP contribution is 2.32. The predicted octanol–water partition coefficient (Wildman–Crippen LogP) is 3.49. The maximum absolute atomic E-state index is 5.91. The van der Waals surface area contributed by atoms with Gasteiger partial charge >= 0.3 is 0 Å². The number of piperidine rings is 1. The molecule has 0 bridgehead atoms. The molecule has 1 saturated carbocycles. The summed E-state index contributed by atoms with van der Waals surface area (Å²) in [4.78, 5) is 7.00. The fraction of sp³-hybridized carbons (Fsp3) is 0.542. The molecule has 7 nitrogen and oxygen atoms in total. The maximum atomic E-state index is 5.91. The Bertz CT molecular complexity index is 964. The van der Waals surface area contributed by atoms with Gasteiger partial charge in [-0.2, -0.15) is 0 Å². The van der Waals surface area contributed by atoms with Gasteiger partial charge in [-0.3, -0.25) is 0 Å². The Labute approximate surface area is 184 Å². The lowest BCUT2D eigenvalue weighted by Crippen LogP contribution is -2.40. The van der Waals surface area contributed by atoms with Gasteiger partial charge < -0.3 is 19.7 Å². The molecule has 2 aliphatic rings. The van der Waals surface area contributed by atoms with Crippen molar-refractivity contribution in [2.75, 3.05) is 38.9 Å². The normalized spacial score (nSPS) is 18.9. The molecule has 1 aliphatic heterocycles. The highest BCUT2D eigenvalue weighted by atomic mass is 16.7. The van der Waals surface area contributed by atoms with Gasteiger partial charge in [0.25, 0.3) is 0 Å². The Morgan fingerprint density at radius 1 is 1.23 bits per heavy atom. The third kappa shape index (κ3) is 5.93. The van der Waals surface area contributed by atoms with E-state index in [2.05, 4.69) is 44.3 Å². The van der Waals surface area contributed by atoms with Crippen LogP contribution in [0.4, 0.5) is 5.95 Å². The second-order valence-corrected chi connectivity index (χ2v) is 8.32. The van der Waals surface area contributed by atoms with Gasteiger partial charge in [-0.15, -0.1) is 10.2 Å². The molecular formula is C24H31N5O2. The molecule has 1 atom stereocenters. The van der Waals surface area contributed by atoms with Crippen molar-refractivity contribution < 1.29 is 9.47 Å². The van der Waals surface area contributed by atoms with Gasteiger partial charge in [0.1, 0.15) is 11.4 Å². The predicted molar refractivity (Wildman–Crippen MR) is 121 cm³/mol. The largest absolute Gasteiger partial charge is 0.467 e. The average Bonchev–Trinajstić information content (AvgIpc) is 3.58. The van der Waals surface area contributed by atoms with Crippen molar-refractivity contribution in [3.8, 4) is 28.8 Å². The van der Waals surface area contributed by atoms with Crippen molar-refractivity contribution in [1.82, 2.24) is 20.1 Å². The molecule has 4 rings (SSSR count). The van der Waals surface area contributed by atoms with Crippen LogP contribution in [-0.4, -0.2) is 59.7 Å². The monoisotopic (exact) mass is 421 g/mol. The van der Waals surface area contributed by atoms with Crippen molar-refractivity contribution in [3.63, 3.8) is 0 Å². The van der Waals surface area contributed by atoms with Crippen molar-refractivity contribution in [3.05, 3.63) is 29.5 Å². The first-order chi connectivity index (χ1) is 15.1. The molecule has 0 spiro atoms. The number of nitrogens with one attached hydrogen (secondary N) is 1. The van der Waals surface area contributed by atoms with Gasteiger partial charge in [0.2, 0.25) is 5.95 Å². The van der Waals surface area contributed by atoms with E-state index in [1.165, 1.54) is 19.3 Å². The summed E-state index contributed by atoms with van der Waals surface area (Å²) < 4.78 is 11.3. The Morgan fingerprint density at radius 2 is 2.10 bits per heavy atom. The lowest BCUT2D eigenvalue weighted by molar-refractivity contribution is 0.0227. The van der Waals surface area contributed by atoms with Crippen LogP contribution in [0.25, 0.3) is 11.3 Å². The molecule has 1 aliphatic carbocycles. The highest BCUT2D eigenvalue weighted by Gasteiger charge is 2.20. The molecule has 2 aromatic rings. The molecule has 0 amide bonds. The Morgan fingerprint density at radius 3 is 2.84 bits per heavy atom. The number of likely N-dealkylation sites (N-methyl/N-ethyl adjacent to an activating group) is 1. The number of aromatic nitrogens is 3. The Hall–Kier alpha value is -2.69. The zero-order chi connectivity index (χ0) is 21.6. The molecule has 2 fully saturated rings. The molecule has 1 aromatic heterocycles. The number of hydrogen-bond donors (Lipinski definition) is 1. The number of likely N-dealkylation sites (tertiary alicyclic amines) is 1. The molecule has 31 heavy (non-hydrogen) atoms. The first-order valence-electron chi connectivity index (χ1n) is 11.1. The van der Waals surface area contributed by atoms with Crippen LogP contribution in [0.5, 0.6) is 5.75 Å². The molecule has 1 N–H and O–H groups in total. The SMILES string of the molecule is CCOCOc1cc(C#CC2CC2)ccc1-c1nnc(N[C@@H]2CCCN(C)C2)nc1C. The van der Waals surface area contributed by atoms with E-state index in [0.29, 0.717) is 36.0 Å². The molecule has 0 unspecified atom stereocenters. The molecule has 2 heterocycles. The molecule has 164 valence electrons. The summed E-state index contributed by atoms with van der Waals surface area (Å²) in [6, 6.07) is 6.29. The van der Waals surface area contributed by atoms with Crippen LogP contribution in [-0.2, 0) is 4.74 Å². The molecule has 1 saturated heterocycles. The molecular weight excluding hydrogens is 390 g/mol. The summed E-state index contributed by atoms with van der Waals surface area (Å²) in [6.45, 7) is 6.79. The number of rotatable bonds is 7. The van der Waals surface area contributed by atoms with E-state index < -0.39 is 0 Å². The quantitative estimate of drug-likeness (QED) is 0.417. The van der Waals surface area contributed by atoms with Crippen molar-refractivity contribution in [1.29, 1.82) is 0 Å². The minimum Gasteiger partial charge on any atom is -0.467 e. The smallest absolute Gasteiger partial charge is 0.243 e. The molecule has 1 aromatic carbocycles. The fourth-order valence-electron chi connectivity index (χ4n) is 3.70. The van der Waals surface area contributed by atoms with Crippen molar-refractivity contribution >= 4 is 5.95 Å². The Kier molecular flexibility index (Phi) is 7.00. The number of hydrogen-bond acceptors (Lipinski definition) is 7. The van der Waals surface area contributed by atoms with E-state index in [9.17, 15) is 0 Å². The van der Waals surface area contributed by atoms with E-state index >= 15 is 0 Å². The Balaban J connectivity index is 1.55. The van der Waals surface area contributed by atoms with Crippen LogP contribution in [0, 0.1) is 24.7 Å². The summed E-state index contributed by atoms with van der Waals surface area (Å²) in [5, 5.41) is 12.3. The van der Waals surface area contributed by atoms with Crippen LogP contribution in [0.2, 0.25) is 0 Å². The zero-order valence-corrected chi connectivity index (χ0v) is 18.6.